The number of aryl methyl sites for hydroxylation is 2. The highest BCUT2D eigenvalue weighted by Crippen LogP contribution is 2.24. The summed E-state index contributed by atoms with van der Waals surface area (Å²) in [6.07, 6.45) is 1.80. The van der Waals surface area contributed by atoms with Crippen molar-refractivity contribution in [2.45, 2.75) is 27.3 Å². The van der Waals surface area contributed by atoms with Gasteiger partial charge in [-0.25, -0.2) is 14.8 Å². The van der Waals surface area contributed by atoms with Gasteiger partial charge in [-0.3, -0.25) is 9.47 Å². The number of anilines is 1. The number of benzene rings is 2. The minimum absolute atomic E-state index is 0.0487. The largest absolute Gasteiger partial charge is 0.494 e. The predicted octanol–water partition coefficient (Wildman–Crippen LogP) is 4.79. The number of ether oxygens (including phenoxy) is 1. The van der Waals surface area contributed by atoms with Gasteiger partial charge in [0.2, 0.25) is 0 Å². The van der Waals surface area contributed by atoms with E-state index in [-0.39, 0.29) is 6.03 Å². The molecular formula is C28H32N6O2. The highest BCUT2D eigenvalue weighted by Gasteiger charge is 2.24. The number of hydrogen-bond donors (Lipinski definition) is 1. The summed E-state index contributed by atoms with van der Waals surface area (Å²) in [6.45, 7) is 10.2. The van der Waals surface area contributed by atoms with Crippen LogP contribution in [0.25, 0.3) is 16.9 Å². The molecule has 1 aliphatic rings. The van der Waals surface area contributed by atoms with Crippen molar-refractivity contribution >= 4 is 22.9 Å². The van der Waals surface area contributed by atoms with E-state index in [0.29, 0.717) is 26.2 Å². The molecule has 0 aliphatic carbocycles. The Labute approximate surface area is 211 Å². The molecule has 1 N–H and O–H groups in total. The molecule has 0 saturated carbocycles. The summed E-state index contributed by atoms with van der Waals surface area (Å²) < 4.78 is 7.73. The van der Waals surface area contributed by atoms with E-state index >= 15 is 0 Å². The quantitative estimate of drug-likeness (QED) is 0.426. The van der Waals surface area contributed by atoms with Gasteiger partial charge in [-0.2, -0.15) is 0 Å². The zero-order chi connectivity index (χ0) is 25.1. The molecule has 36 heavy (non-hydrogen) atoms. The van der Waals surface area contributed by atoms with Gasteiger partial charge in [-0.15, -0.1) is 0 Å². The Hall–Kier alpha value is -3.91. The fourth-order valence-corrected chi connectivity index (χ4v) is 4.65. The molecule has 0 radical (unpaired) electrons. The first-order chi connectivity index (χ1) is 17.5. The van der Waals surface area contributed by atoms with Crippen molar-refractivity contribution in [1.29, 1.82) is 0 Å². The average molecular weight is 485 g/mol. The number of urea groups is 1. The molecular weight excluding hydrogens is 452 g/mol. The molecule has 1 fully saturated rings. The van der Waals surface area contributed by atoms with Gasteiger partial charge in [0, 0.05) is 43.8 Å². The van der Waals surface area contributed by atoms with Gasteiger partial charge in [-0.1, -0.05) is 17.7 Å². The Bertz CT molecular complexity index is 1360. The topological polar surface area (TPSA) is 75.5 Å². The van der Waals surface area contributed by atoms with Crippen LogP contribution in [0.2, 0.25) is 0 Å². The van der Waals surface area contributed by atoms with Crippen LogP contribution >= 0.6 is 0 Å². The number of carbonyl (C=O) groups excluding carboxylic acids is 1. The summed E-state index contributed by atoms with van der Waals surface area (Å²) >= 11 is 0. The van der Waals surface area contributed by atoms with Crippen LogP contribution in [-0.2, 0) is 6.54 Å². The number of nitrogens with zero attached hydrogens (tertiary/aromatic N) is 5. The van der Waals surface area contributed by atoms with Gasteiger partial charge in [0.1, 0.15) is 17.1 Å². The lowest BCUT2D eigenvalue weighted by Gasteiger charge is -2.34. The number of imidazole rings is 1. The smallest absolute Gasteiger partial charge is 0.321 e. The molecule has 5 rings (SSSR count). The second-order valence-electron chi connectivity index (χ2n) is 9.15. The number of fused-ring (bicyclic) bond motifs is 1. The number of piperazine rings is 1. The van der Waals surface area contributed by atoms with Crippen molar-refractivity contribution in [1.82, 2.24) is 24.3 Å². The lowest BCUT2D eigenvalue weighted by molar-refractivity contribution is 0.140. The van der Waals surface area contributed by atoms with Crippen LogP contribution in [0.5, 0.6) is 5.75 Å². The zero-order valence-electron chi connectivity index (χ0n) is 21.1. The van der Waals surface area contributed by atoms with Crippen LogP contribution in [-0.4, -0.2) is 63.2 Å². The Balaban J connectivity index is 1.28. The predicted molar refractivity (Wildman–Crippen MR) is 142 cm³/mol. The Morgan fingerprint density at radius 1 is 1.03 bits per heavy atom. The first kappa shape index (κ1) is 23.8. The van der Waals surface area contributed by atoms with Crippen molar-refractivity contribution in [2.24, 2.45) is 0 Å². The number of rotatable bonds is 6. The van der Waals surface area contributed by atoms with Gasteiger partial charge < -0.3 is 15.0 Å². The van der Waals surface area contributed by atoms with Crippen LogP contribution in [0.1, 0.15) is 23.9 Å². The zero-order valence-corrected chi connectivity index (χ0v) is 21.1. The van der Waals surface area contributed by atoms with E-state index < -0.39 is 0 Å². The van der Waals surface area contributed by atoms with Gasteiger partial charge in [0.15, 0.2) is 5.65 Å². The maximum absolute atomic E-state index is 12.9. The van der Waals surface area contributed by atoms with E-state index in [1.54, 1.807) is 6.20 Å². The molecule has 186 valence electrons. The highest BCUT2D eigenvalue weighted by atomic mass is 16.5. The van der Waals surface area contributed by atoms with E-state index in [9.17, 15) is 4.79 Å². The fraction of sp³-hybridized carbons (Fsp3) is 0.321. The minimum atomic E-state index is -0.0487. The maximum Gasteiger partial charge on any atom is 0.321 e. The number of pyridine rings is 1. The van der Waals surface area contributed by atoms with E-state index in [1.807, 2.05) is 67.3 Å². The van der Waals surface area contributed by atoms with Crippen molar-refractivity contribution in [3.63, 3.8) is 0 Å². The summed E-state index contributed by atoms with van der Waals surface area (Å²) in [4.78, 5) is 26.6. The summed E-state index contributed by atoms with van der Waals surface area (Å²) in [7, 11) is 0. The lowest BCUT2D eigenvalue weighted by atomic mass is 10.1. The van der Waals surface area contributed by atoms with Crippen molar-refractivity contribution < 1.29 is 9.53 Å². The third-order valence-electron chi connectivity index (χ3n) is 6.54. The van der Waals surface area contributed by atoms with E-state index in [2.05, 4.69) is 32.8 Å². The van der Waals surface area contributed by atoms with E-state index in [4.69, 9.17) is 9.72 Å². The molecule has 0 spiro atoms. The molecule has 2 aromatic carbocycles. The number of amides is 2. The van der Waals surface area contributed by atoms with E-state index in [0.717, 1.165) is 52.8 Å². The maximum atomic E-state index is 12.9. The minimum Gasteiger partial charge on any atom is -0.494 e. The lowest BCUT2D eigenvalue weighted by Crippen LogP contribution is -2.49. The second kappa shape index (κ2) is 10.4. The third-order valence-corrected chi connectivity index (χ3v) is 6.54. The molecule has 1 saturated heterocycles. The van der Waals surface area contributed by atoms with Crippen molar-refractivity contribution in [3.05, 3.63) is 77.7 Å². The van der Waals surface area contributed by atoms with Crippen LogP contribution in [0, 0.1) is 13.8 Å². The average Bonchev–Trinajstić information content (AvgIpc) is 3.24. The first-order valence-corrected chi connectivity index (χ1v) is 12.4. The van der Waals surface area contributed by atoms with Gasteiger partial charge in [0.25, 0.3) is 0 Å². The second-order valence-corrected chi connectivity index (χ2v) is 9.15. The summed E-state index contributed by atoms with van der Waals surface area (Å²) in [5.74, 6) is 1.77. The van der Waals surface area contributed by atoms with Crippen molar-refractivity contribution in [2.75, 3.05) is 38.1 Å². The molecule has 8 nitrogen and oxygen atoms in total. The third kappa shape index (κ3) is 5.04. The number of carbonyl (C=O) groups is 1. The molecule has 4 aromatic rings. The summed E-state index contributed by atoms with van der Waals surface area (Å²) in [5, 5.41) is 3.07. The standard InChI is InChI=1S/C28H32N6O2/c1-4-36-23-10-8-22(9-11-23)34-26(30-25-6-5-13-29-27(25)34)19-32-14-16-33(17-15-32)28(35)31-24-12-7-20(2)18-21(24)3/h5-13,18H,4,14-17,19H2,1-3H3,(H,31,35). The van der Waals surface area contributed by atoms with Crippen molar-refractivity contribution in [3.8, 4) is 11.4 Å². The molecule has 2 aromatic heterocycles. The van der Waals surface area contributed by atoms with Crippen LogP contribution < -0.4 is 10.1 Å². The molecule has 0 unspecified atom stereocenters. The van der Waals surface area contributed by atoms with Crippen LogP contribution in [0.15, 0.2) is 60.8 Å². The van der Waals surface area contributed by atoms with Gasteiger partial charge in [-0.05, 0) is 68.8 Å². The Morgan fingerprint density at radius 2 is 1.81 bits per heavy atom. The highest BCUT2D eigenvalue weighted by molar-refractivity contribution is 5.90. The van der Waals surface area contributed by atoms with Gasteiger partial charge >= 0.3 is 6.03 Å². The van der Waals surface area contributed by atoms with Crippen LogP contribution in [0.4, 0.5) is 10.5 Å². The molecule has 8 heteroatoms. The monoisotopic (exact) mass is 484 g/mol. The number of hydrogen-bond acceptors (Lipinski definition) is 5. The molecule has 2 amide bonds. The Kier molecular flexibility index (Phi) is 6.86. The molecule has 1 aliphatic heterocycles. The Morgan fingerprint density at radius 3 is 2.53 bits per heavy atom. The fourth-order valence-electron chi connectivity index (χ4n) is 4.65. The summed E-state index contributed by atoms with van der Waals surface area (Å²) in [6, 6.07) is 18.0. The van der Waals surface area contributed by atoms with Gasteiger partial charge in [0.05, 0.1) is 13.2 Å². The number of aromatic nitrogens is 3. The van der Waals surface area contributed by atoms with E-state index in [1.165, 1.54) is 5.56 Å². The number of nitrogens with one attached hydrogen (secondary N) is 1. The molecule has 0 atom stereocenters. The SMILES string of the molecule is CCOc1ccc(-n2c(CN3CCN(C(=O)Nc4ccc(C)cc4C)CC3)nc3cccnc32)cc1. The van der Waals surface area contributed by atoms with Crippen LogP contribution in [0.3, 0.4) is 0 Å². The summed E-state index contributed by atoms with van der Waals surface area (Å²) in [5.41, 5.74) is 5.83. The normalized spacial score (nSPS) is 14.2. The molecule has 3 heterocycles. The molecule has 0 bridgehead atoms. The first-order valence-electron chi connectivity index (χ1n) is 12.4.